The van der Waals surface area contributed by atoms with Gasteiger partial charge in [0.1, 0.15) is 5.75 Å². The highest BCUT2D eigenvalue weighted by molar-refractivity contribution is 7.10. The van der Waals surface area contributed by atoms with Crippen LogP contribution < -0.4 is 15.4 Å². The summed E-state index contributed by atoms with van der Waals surface area (Å²) in [6.45, 7) is 5.27. The second-order valence-corrected chi connectivity index (χ2v) is 8.04. The van der Waals surface area contributed by atoms with Gasteiger partial charge < -0.3 is 15.4 Å². The highest BCUT2D eigenvalue weighted by Gasteiger charge is 2.24. The number of ether oxygens (including phenoxy) is 1. The van der Waals surface area contributed by atoms with E-state index < -0.39 is 0 Å². The number of thiophene rings is 1. The summed E-state index contributed by atoms with van der Waals surface area (Å²) in [5, 5.41) is 8.66. The molecular weight excluding hydrogens is 358 g/mol. The van der Waals surface area contributed by atoms with Gasteiger partial charge in [-0.3, -0.25) is 9.69 Å². The predicted molar refractivity (Wildman–Crippen MR) is 112 cm³/mol. The van der Waals surface area contributed by atoms with Gasteiger partial charge >= 0.3 is 0 Å². The van der Waals surface area contributed by atoms with Gasteiger partial charge in [-0.05, 0) is 68.6 Å². The lowest BCUT2D eigenvalue weighted by atomic mass is 10.1. The maximum Gasteiger partial charge on any atom is 0.225 e. The largest absolute Gasteiger partial charge is 0.497 e. The molecule has 1 aromatic heterocycles. The normalized spacial score (nSPS) is 16.8. The Labute approximate surface area is 165 Å². The van der Waals surface area contributed by atoms with Crippen molar-refractivity contribution in [3.05, 3.63) is 46.7 Å². The Morgan fingerprint density at radius 2 is 1.96 bits per heavy atom. The van der Waals surface area contributed by atoms with Crippen molar-refractivity contribution in [1.29, 1.82) is 0 Å². The monoisotopic (exact) mass is 387 g/mol. The Balaban J connectivity index is 1.48. The van der Waals surface area contributed by atoms with Crippen LogP contribution in [0.25, 0.3) is 0 Å². The molecule has 1 amide bonds. The molecule has 1 aliphatic heterocycles. The maximum absolute atomic E-state index is 12.3. The van der Waals surface area contributed by atoms with Crippen molar-refractivity contribution in [3.63, 3.8) is 0 Å². The fraction of sp³-hybridized carbons (Fsp3) is 0.476. The standard InChI is InChI=1S/C21H29N3O2S/c1-16(14-21(25)23-17-7-9-18(26-2)10-8-17)22-15-19(20-6-5-13-27-20)24-11-3-4-12-24/h5-10,13,16,19,22H,3-4,11-12,14-15H2,1-2H3,(H,23,25)/t16-,19+/m0/s1. The molecule has 0 bridgehead atoms. The number of anilines is 1. The highest BCUT2D eigenvalue weighted by atomic mass is 32.1. The van der Waals surface area contributed by atoms with Gasteiger partial charge in [0.2, 0.25) is 5.91 Å². The van der Waals surface area contributed by atoms with Gasteiger partial charge in [-0.2, -0.15) is 0 Å². The average molecular weight is 388 g/mol. The van der Waals surface area contributed by atoms with Crippen LogP contribution in [0.15, 0.2) is 41.8 Å². The van der Waals surface area contributed by atoms with Crippen LogP contribution in [-0.2, 0) is 4.79 Å². The zero-order chi connectivity index (χ0) is 19.1. The molecule has 3 rings (SSSR count). The van der Waals surface area contributed by atoms with Gasteiger partial charge in [0.05, 0.1) is 13.2 Å². The number of rotatable bonds is 9. The lowest BCUT2D eigenvalue weighted by Gasteiger charge is -2.28. The molecule has 1 aromatic carbocycles. The number of nitrogens with one attached hydrogen (secondary N) is 2. The molecule has 0 radical (unpaired) electrons. The molecule has 0 aliphatic carbocycles. The lowest BCUT2D eigenvalue weighted by Crippen LogP contribution is -2.38. The van der Waals surface area contributed by atoms with Crippen LogP contribution in [0, 0.1) is 0 Å². The minimum atomic E-state index is 0.0222. The smallest absolute Gasteiger partial charge is 0.225 e. The predicted octanol–water partition coefficient (Wildman–Crippen LogP) is 3.90. The molecule has 2 atom stereocenters. The molecule has 1 saturated heterocycles. The molecule has 0 spiro atoms. The first-order valence-corrected chi connectivity index (χ1v) is 10.5. The molecule has 2 N–H and O–H groups in total. The fourth-order valence-corrected chi connectivity index (χ4v) is 4.35. The molecule has 0 saturated carbocycles. The van der Waals surface area contributed by atoms with Gasteiger partial charge in [0, 0.05) is 29.6 Å². The number of methoxy groups -OCH3 is 1. The van der Waals surface area contributed by atoms with Gasteiger partial charge in [0.15, 0.2) is 0 Å². The summed E-state index contributed by atoms with van der Waals surface area (Å²) in [4.78, 5) is 16.3. The number of carbonyl (C=O) groups is 1. The zero-order valence-electron chi connectivity index (χ0n) is 16.1. The third-order valence-corrected chi connectivity index (χ3v) is 5.95. The summed E-state index contributed by atoms with van der Waals surface area (Å²) >= 11 is 1.82. The summed E-state index contributed by atoms with van der Waals surface area (Å²) in [6.07, 6.45) is 3.01. The summed E-state index contributed by atoms with van der Waals surface area (Å²) in [5.41, 5.74) is 0.793. The molecule has 2 heterocycles. The van der Waals surface area contributed by atoms with E-state index in [4.69, 9.17) is 4.74 Å². The van der Waals surface area contributed by atoms with Crippen LogP contribution >= 0.6 is 11.3 Å². The Morgan fingerprint density at radius 3 is 2.59 bits per heavy atom. The van der Waals surface area contributed by atoms with E-state index in [1.54, 1.807) is 7.11 Å². The topological polar surface area (TPSA) is 53.6 Å². The number of benzene rings is 1. The highest BCUT2D eigenvalue weighted by Crippen LogP contribution is 2.28. The van der Waals surface area contributed by atoms with Gasteiger partial charge in [-0.1, -0.05) is 6.07 Å². The number of carbonyl (C=O) groups excluding carboxylic acids is 1. The molecule has 5 nitrogen and oxygen atoms in total. The maximum atomic E-state index is 12.3. The van der Waals surface area contributed by atoms with Crippen molar-refractivity contribution in [3.8, 4) is 5.75 Å². The first-order chi connectivity index (χ1) is 13.2. The van der Waals surface area contributed by atoms with Crippen LogP contribution in [0.4, 0.5) is 5.69 Å². The number of amides is 1. The van der Waals surface area contributed by atoms with E-state index in [2.05, 4.69) is 40.0 Å². The fourth-order valence-electron chi connectivity index (χ4n) is 3.49. The van der Waals surface area contributed by atoms with Crippen molar-refractivity contribution in [2.45, 2.75) is 38.3 Å². The summed E-state index contributed by atoms with van der Waals surface area (Å²) in [7, 11) is 1.63. The third kappa shape index (κ3) is 5.79. The second kappa shape index (κ2) is 9.88. The van der Waals surface area contributed by atoms with Crippen molar-refractivity contribution in [2.75, 3.05) is 32.1 Å². The van der Waals surface area contributed by atoms with Crippen molar-refractivity contribution < 1.29 is 9.53 Å². The van der Waals surface area contributed by atoms with E-state index >= 15 is 0 Å². The van der Waals surface area contributed by atoms with E-state index in [1.165, 1.54) is 17.7 Å². The van der Waals surface area contributed by atoms with Gasteiger partial charge in [-0.15, -0.1) is 11.3 Å². The van der Waals surface area contributed by atoms with Gasteiger partial charge in [-0.25, -0.2) is 0 Å². The third-order valence-electron chi connectivity index (χ3n) is 4.98. The second-order valence-electron chi connectivity index (χ2n) is 7.06. The Bertz CT molecular complexity index is 697. The van der Waals surface area contributed by atoms with E-state index in [0.29, 0.717) is 12.5 Å². The number of likely N-dealkylation sites (tertiary alicyclic amines) is 1. The molecule has 146 valence electrons. The van der Waals surface area contributed by atoms with Gasteiger partial charge in [0.25, 0.3) is 0 Å². The molecule has 1 fully saturated rings. The molecule has 27 heavy (non-hydrogen) atoms. The van der Waals surface area contributed by atoms with Crippen LogP contribution in [0.2, 0.25) is 0 Å². The summed E-state index contributed by atoms with van der Waals surface area (Å²) in [5.74, 6) is 0.804. The zero-order valence-corrected chi connectivity index (χ0v) is 16.9. The number of hydrogen-bond acceptors (Lipinski definition) is 5. The quantitative estimate of drug-likeness (QED) is 0.685. The summed E-state index contributed by atoms with van der Waals surface area (Å²) < 4.78 is 5.14. The molecule has 6 heteroatoms. The number of hydrogen-bond donors (Lipinski definition) is 2. The minimum Gasteiger partial charge on any atom is -0.497 e. The molecule has 1 aliphatic rings. The number of nitrogens with zero attached hydrogens (tertiary/aromatic N) is 1. The SMILES string of the molecule is COc1ccc(NC(=O)C[C@H](C)NC[C@H](c2cccs2)N2CCCC2)cc1. The Morgan fingerprint density at radius 1 is 1.22 bits per heavy atom. The van der Waals surface area contributed by atoms with Crippen molar-refractivity contribution in [2.24, 2.45) is 0 Å². The molecule has 2 aromatic rings. The molecule has 0 unspecified atom stereocenters. The van der Waals surface area contributed by atoms with Crippen LogP contribution in [0.3, 0.4) is 0 Å². The average Bonchev–Trinajstić information content (AvgIpc) is 3.37. The minimum absolute atomic E-state index is 0.0222. The van der Waals surface area contributed by atoms with Crippen molar-refractivity contribution in [1.82, 2.24) is 10.2 Å². The van der Waals surface area contributed by atoms with Crippen LogP contribution in [0.5, 0.6) is 5.75 Å². The Hall–Kier alpha value is -1.89. The first-order valence-electron chi connectivity index (χ1n) is 9.60. The van der Waals surface area contributed by atoms with Crippen LogP contribution in [0.1, 0.15) is 37.1 Å². The first kappa shape index (κ1) is 19.9. The van der Waals surface area contributed by atoms with E-state index in [0.717, 1.165) is 31.1 Å². The van der Waals surface area contributed by atoms with Crippen LogP contribution in [-0.4, -0.2) is 43.6 Å². The van der Waals surface area contributed by atoms with E-state index in [1.807, 2.05) is 35.6 Å². The lowest BCUT2D eigenvalue weighted by molar-refractivity contribution is -0.116. The summed E-state index contributed by atoms with van der Waals surface area (Å²) in [6, 6.07) is 12.3. The molecular formula is C21H29N3O2S. The Kier molecular flexibility index (Phi) is 7.26. The van der Waals surface area contributed by atoms with E-state index in [9.17, 15) is 4.79 Å². The van der Waals surface area contributed by atoms with E-state index in [-0.39, 0.29) is 11.9 Å². The van der Waals surface area contributed by atoms with Crippen molar-refractivity contribution >= 4 is 22.9 Å².